The van der Waals surface area contributed by atoms with Gasteiger partial charge in [0.15, 0.2) is 5.96 Å². The molecule has 11 heteroatoms. The Morgan fingerprint density at radius 2 is 1.78 bits per heavy atom. The normalized spacial score (nSPS) is 17.1. The number of aliphatic imine (C=N–C) groups is 1. The van der Waals surface area contributed by atoms with Crippen LogP contribution in [0.3, 0.4) is 0 Å². The van der Waals surface area contributed by atoms with Gasteiger partial charge in [-0.2, -0.15) is 0 Å². The Hall–Kier alpha value is -4.35. The lowest BCUT2D eigenvalue weighted by Crippen LogP contribution is -2.51. The van der Waals surface area contributed by atoms with Crippen LogP contribution in [0.5, 0.6) is 0 Å². The maximum Gasteiger partial charge on any atom is 0.327 e. The third-order valence-corrected chi connectivity index (χ3v) is 6.04. The average molecular weight is 505 g/mol. The average Bonchev–Trinajstić information content (AvgIpc) is 3.30. The molecule has 4 rings (SSSR count). The van der Waals surface area contributed by atoms with E-state index in [0.717, 1.165) is 28.0 Å². The van der Waals surface area contributed by atoms with Gasteiger partial charge in [0.2, 0.25) is 5.91 Å². The van der Waals surface area contributed by atoms with E-state index in [2.05, 4.69) is 20.9 Å². The number of hydrogen-bond acceptors (Lipinski definition) is 6. The molecule has 11 nitrogen and oxygen atoms in total. The highest BCUT2D eigenvalue weighted by Crippen LogP contribution is 2.28. The molecule has 0 aliphatic carbocycles. The first-order valence-electron chi connectivity index (χ1n) is 12.0. The fourth-order valence-electron chi connectivity index (χ4n) is 4.06. The number of nitrogens with one attached hydrogen (secondary N) is 3. The van der Waals surface area contributed by atoms with E-state index in [1.165, 1.54) is 0 Å². The minimum Gasteiger partial charge on any atom is -0.395 e. The van der Waals surface area contributed by atoms with Gasteiger partial charge >= 0.3 is 6.03 Å². The smallest absolute Gasteiger partial charge is 0.327 e. The highest BCUT2D eigenvalue weighted by molar-refractivity contribution is 5.96. The number of fused-ring (bicyclic) bond motifs is 1. The van der Waals surface area contributed by atoms with Crippen LogP contribution in [0.2, 0.25) is 0 Å². The minimum absolute atomic E-state index is 0.0407. The molecule has 1 unspecified atom stereocenters. The van der Waals surface area contributed by atoms with Crippen LogP contribution in [-0.4, -0.2) is 48.4 Å². The van der Waals surface area contributed by atoms with E-state index in [4.69, 9.17) is 22.3 Å². The molecule has 3 amide bonds. The monoisotopic (exact) mass is 504 g/mol. The molecule has 2 heterocycles. The van der Waals surface area contributed by atoms with Crippen molar-refractivity contribution in [2.75, 3.05) is 18.1 Å². The second kappa shape index (κ2) is 11.6. The van der Waals surface area contributed by atoms with Crippen LogP contribution in [0.4, 0.5) is 10.5 Å². The summed E-state index contributed by atoms with van der Waals surface area (Å²) < 4.78 is 0. The van der Waals surface area contributed by atoms with Gasteiger partial charge in [-0.25, -0.2) is 4.79 Å². The first-order chi connectivity index (χ1) is 17.8. The van der Waals surface area contributed by atoms with Crippen LogP contribution in [0, 0.1) is 0 Å². The molecule has 37 heavy (non-hydrogen) atoms. The van der Waals surface area contributed by atoms with Crippen molar-refractivity contribution in [2.45, 2.75) is 31.6 Å². The number of nitrogens with two attached hydrogens (primary N) is 3. The summed E-state index contributed by atoms with van der Waals surface area (Å²) in [6, 6.07) is 14.8. The zero-order chi connectivity index (χ0) is 26.4. The fourth-order valence-corrected chi connectivity index (χ4v) is 4.06. The number of nitrogens with zero attached hydrogens (tertiary/aromatic N) is 2. The van der Waals surface area contributed by atoms with Crippen molar-refractivity contribution < 1.29 is 14.7 Å². The molecule has 2 aliphatic heterocycles. The van der Waals surface area contributed by atoms with Gasteiger partial charge < -0.3 is 38.3 Å². The summed E-state index contributed by atoms with van der Waals surface area (Å²) in [7, 11) is 0. The zero-order valence-corrected chi connectivity index (χ0v) is 20.4. The Morgan fingerprint density at radius 3 is 2.46 bits per heavy atom. The maximum atomic E-state index is 12.8. The lowest BCUT2D eigenvalue weighted by Gasteiger charge is -2.29. The highest BCUT2D eigenvalue weighted by Gasteiger charge is 2.31. The van der Waals surface area contributed by atoms with Crippen molar-refractivity contribution >= 4 is 29.3 Å². The van der Waals surface area contributed by atoms with Gasteiger partial charge in [0.1, 0.15) is 6.17 Å². The number of anilines is 1. The number of amides is 3. The lowest BCUT2D eigenvalue weighted by molar-refractivity contribution is -0.121. The van der Waals surface area contributed by atoms with Gasteiger partial charge in [0, 0.05) is 36.5 Å². The molecule has 0 saturated heterocycles. The summed E-state index contributed by atoms with van der Waals surface area (Å²) in [5.41, 5.74) is 21.8. The van der Waals surface area contributed by atoms with Crippen molar-refractivity contribution in [3.05, 3.63) is 83.1 Å². The number of benzene rings is 2. The first-order valence-corrected chi connectivity index (χ1v) is 12.0. The van der Waals surface area contributed by atoms with E-state index in [9.17, 15) is 9.59 Å². The number of aliphatic hydroxyl groups is 1. The molecule has 0 fully saturated rings. The maximum absolute atomic E-state index is 12.8. The van der Waals surface area contributed by atoms with Gasteiger partial charge in [0.25, 0.3) is 0 Å². The Bertz CT molecular complexity index is 1220. The quantitative estimate of drug-likeness (QED) is 0.178. The number of guanidine groups is 1. The van der Waals surface area contributed by atoms with E-state index in [1.807, 2.05) is 60.8 Å². The summed E-state index contributed by atoms with van der Waals surface area (Å²) in [5.74, 6) is -0.193. The summed E-state index contributed by atoms with van der Waals surface area (Å²) in [6.07, 6.45) is 4.32. The van der Waals surface area contributed by atoms with Crippen molar-refractivity contribution in [3.8, 4) is 0 Å². The van der Waals surface area contributed by atoms with Crippen molar-refractivity contribution in [1.29, 1.82) is 0 Å². The Morgan fingerprint density at radius 1 is 1.08 bits per heavy atom. The molecule has 2 aliphatic rings. The van der Waals surface area contributed by atoms with Gasteiger partial charge in [-0.1, -0.05) is 36.4 Å². The van der Waals surface area contributed by atoms with E-state index in [0.29, 0.717) is 18.7 Å². The summed E-state index contributed by atoms with van der Waals surface area (Å²) in [6.45, 7) is 0.543. The number of urea groups is 1. The molecule has 0 bridgehead atoms. The molecule has 0 saturated carbocycles. The third kappa shape index (κ3) is 6.66. The molecular formula is C26H32N8O3. The van der Waals surface area contributed by atoms with Crippen LogP contribution in [0.25, 0.3) is 5.70 Å². The molecule has 2 atom stereocenters. The van der Waals surface area contributed by atoms with Gasteiger partial charge in [-0.05, 0) is 41.3 Å². The summed E-state index contributed by atoms with van der Waals surface area (Å²) >= 11 is 0. The van der Waals surface area contributed by atoms with Crippen LogP contribution in [-0.2, 0) is 17.8 Å². The SMILES string of the molecule is NC(N)=NCCC(=O)NCc1ccc(N2C=C3C=C(c4ccc(C[C@H](N)CO)cc4)NC3NC2=O)cc1. The fraction of sp³-hybridized carbons (Fsp3) is 0.269. The van der Waals surface area contributed by atoms with Crippen LogP contribution in [0.15, 0.2) is 71.4 Å². The van der Waals surface area contributed by atoms with Gasteiger partial charge in [-0.3, -0.25) is 14.7 Å². The Kier molecular flexibility index (Phi) is 8.06. The zero-order valence-electron chi connectivity index (χ0n) is 20.4. The van der Waals surface area contributed by atoms with Crippen LogP contribution < -0.4 is 38.1 Å². The predicted octanol–water partition coefficient (Wildman–Crippen LogP) is 0.212. The topological polar surface area (TPSA) is 184 Å². The van der Waals surface area contributed by atoms with E-state index >= 15 is 0 Å². The summed E-state index contributed by atoms with van der Waals surface area (Å²) in [5, 5.41) is 18.3. The number of hydrogen-bond donors (Lipinski definition) is 7. The van der Waals surface area contributed by atoms with Gasteiger partial charge in [-0.15, -0.1) is 0 Å². The largest absolute Gasteiger partial charge is 0.395 e. The second-order valence-electron chi connectivity index (χ2n) is 8.93. The Labute approximate surface area is 215 Å². The molecule has 0 spiro atoms. The van der Waals surface area contributed by atoms with Crippen molar-refractivity contribution in [2.24, 2.45) is 22.2 Å². The predicted molar refractivity (Wildman–Crippen MR) is 143 cm³/mol. The number of carbonyl (C=O) groups is 2. The molecule has 2 aromatic rings. The van der Waals surface area contributed by atoms with Crippen molar-refractivity contribution in [1.82, 2.24) is 16.0 Å². The molecule has 194 valence electrons. The second-order valence-corrected chi connectivity index (χ2v) is 8.93. The highest BCUT2D eigenvalue weighted by atomic mass is 16.3. The molecular weight excluding hydrogens is 472 g/mol. The van der Waals surface area contributed by atoms with Crippen LogP contribution >= 0.6 is 0 Å². The minimum atomic E-state index is -0.310. The molecule has 0 radical (unpaired) electrons. The third-order valence-electron chi connectivity index (χ3n) is 6.04. The van der Waals surface area contributed by atoms with Gasteiger partial charge in [0.05, 0.1) is 18.8 Å². The van der Waals surface area contributed by atoms with Crippen LogP contribution in [0.1, 0.15) is 23.1 Å². The van der Waals surface area contributed by atoms with E-state index in [1.54, 1.807) is 4.90 Å². The number of rotatable bonds is 10. The standard InChI is InChI=1S/C26H32N8O3/c27-20(15-35)11-16-1-5-18(6-2-16)22-12-19-14-34(26(37)33-24(19)32-22)21-7-3-17(4-8-21)13-31-23(36)9-10-30-25(28)29/h1-8,12,14,20,24,32,35H,9-11,13,15,27H2,(H,31,36)(H,33,37)(H4,28,29,30)/t20-,24?/m0/s1. The molecule has 2 aromatic carbocycles. The van der Waals surface area contributed by atoms with E-state index < -0.39 is 0 Å². The lowest BCUT2D eigenvalue weighted by atomic mass is 10.0. The van der Waals surface area contributed by atoms with Crippen molar-refractivity contribution in [3.63, 3.8) is 0 Å². The first kappa shape index (κ1) is 25.7. The molecule has 0 aromatic heterocycles. The number of aliphatic hydroxyl groups excluding tert-OH is 1. The van der Waals surface area contributed by atoms with E-state index in [-0.39, 0.29) is 49.7 Å². The summed E-state index contributed by atoms with van der Waals surface area (Å²) in [4.78, 5) is 30.1. The Balaban J connectivity index is 1.39. The number of carbonyl (C=O) groups excluding carboxylic acids is 2. The molecule has 10 N–H and O–H groups in total.